The van der Waals surface area contributed by atoms with Crippen LogP contribution >= 0.6 is 0 Å². The second-order valence-electron chi connectivity index (χ2n) is 4.06. The quantitative estimate of drug-likeness (QED) is 0.444. The molecule has 0 aliphatic carbocycles. The Morgan fingerprint density at radius 1 is 0.786 bits per heavy atom. The summed E-state index contributed by atoms with van der Waals surface area (Å²) in [7, 11) is 8.47. The first-order chi connectivity index (χ1) is 6.13. The Kier molecular flexibility index (Phi) is 14.8. The molecule has 0 aromatic rings. The van der Waals surface area contributed by atoms with Crippen LogP contribution in [0.4, 0.5) is 0 Å². The molecule has 0 radical (unpaired) electrons. The van der Waals surface area contributed by atoms with E-state index in [2.05, 4.69) is 43.3 Å². The predicted octanol–water partition coefficient (Wildman–Crippen LogP) is -0.169. The fourth-order valence-electron chi connectivity index (χ4n) is 1.17. The SMILES string of the molecule is CN(C)CCCNCCCN(C)C.[NaH]. The molecule has 0 amide bonds. The topological polar surface area (TPSA) is 18.5 Å². The van der Waals surface area contributed by atoms with E-state index in [-0.39, 0.29) is 29.6 Å². The van der Waals surface area contributed by atoms with Crippen LogP contribution in [0.15, 0.2) is 0 Å². The summed E-state index contributed by atoms with van der Waals surface area (Å²) >= 11 is 0. The van der Waals surface area contributed by atoms with E-state index in [1.807, 2.05) is 0 Å². The summed E-state index contributed by atoms with van der Waals surface area (Å²) in [6, 6.07) is 0. The van der Waals surface area contributed by atoms with Crippen LogP contribution < -0.4 is 5.32 Å². The van der Waals surface area contributed by atoms with Crippen LogP contribution in [0, 0.1) is 0 Å². The Bertz CT molecular complexity index is 95.5. The number of nitrogens with one attached hydrogen (secondary N) is 1. The van der Waals surface area contributed by atoms with Gasteiger partial charge in [-0.05, 0) is 67.2 Å². The van der Waals surface area contributed by atoms with Crippen molar-refractivity contribution in [3.8, 4) is 0 Å². The zero-order valence-electron chi connectivity index (χ0n) is 9.64. The minimum absolute atomic E-state index is 0. The summed E-state index contributed by atoms with van der Waals surface area (Å²) in [6.07, 6.45) is 2.49. The number of nitrogens with zero attached hydrogens (tertiary/aromatic N) is 2. The summed E-state index contributed by atoms with van der Waals surface area (Å²) in [6.45, 7) is 4.65. The summed E-state index contributed by atoms with van der Waals surface area (Å²) in [5.74, 6) is 0. The molecule has 0 atom stereocenters. The van der Waals surface area contributed by atoms with Crippen molar-refractivity contribution >= 4 is 29.6 Å². The summed E-state index contributed by atoms with van der Waals surface area (Å²) < 4.78 is 0. The van der Waals surface area contributed by atoms with E-state index in [4.69, 9.17) is 0 Å². The monoisotopic (exact) mass is 211 g/mol. The van der Waals surface area contributed by atoms with Crippen LogP contribution in [0.25, 0.3) is 0 Å². The minimum atomic E-state index is 0. The van der Waals surface area contributed by atoms with Crippen LogP contribution in [0.2, 0.25) is 0 Å². The van der Waals surface area contributed by atoms with Gasteiger partial charge in [0.15, 0.2) is 0 Å². The first-order valence-electron chi connectivity index (χ1n) is 5.13. The van der Waals surface area contributed by atoms with Gasteiger partial charge >= 0.3 is 29.6 Å². The average Bonchev–Trinajstić information content (AvgIpc) is 2.01. The van der Waals surface area contributed by atoms with E-state index in [1.54, 1.807) is 0 Å². The van der Waals surface area contributed by atoms with Crippen molar-refractivity contribution in [2.75, 3.05) is 54.4 Å². The predicted molar refractivity (Wildman–Crippen MR) is 66.4 cm³/mol. The molecule has 0 saturated carbocycles. The van der Waals surface area contributed by atoms with Crippen molar-refractivity contribution in [2.45, 2.75) is 12.8 Å². The van der Waals surface area contributed by atoms with Gasteiger partial charge in [-0.15, -0.1) is 0 Å². The summed E-state index contributed by atoms with van der Waals surface area (Å²) in [5, 5.41) is 3.44. The van der Waals surface area contributed by atoms with Crippen molar-refractivity contribution in [3.05, 3.63) is 0 Å². The van der Waals surface area contributed by atoms with E-state index >= 15 is 0 Å². The van der Waals surface area contributed by atoms with Crippen LogP contribution in [0.5, 0.6) is 0 Å². The summed E-state index contributed by atoms with van der Waals surface area (Å²) in [5.41, 5.74) is 0. The third-order valence-corrected chi connectivity index (χ3v) is 1.92. The third kappa shape index (κ3) is 15.4. The molecule has 0 unspecified atom stereocenters. The molecule has 0 rings (SSSR count). The van der Waals surface area contributed by atoms with E-state index < -0.39 is 0 Å². The zero-order chi connectivity index (χ0) is 10.1. The molecule has 14 heavy (non-hydrogen) atoms. The Labute approximate surface area is 112 Å². The van der Waals surface area contributed by atoms with Gasteiger partial charge in [-0.2, -0.15) is 0 Å². The van der Waals surface area contributed by atoms with Crippen molar-refractivity contribution < 1.29 is 0 Å². The second kappa shape index (κ2) is 12.0. The normalized spacial score (nSPS) is 10.7. The van der Waals surface area contributed by atoms with Crippen LogP contribution in [-0.2, 0) is 0 Å². The van der Waals surface area contributed by atoms with Crippen molar-refractivity contribution in [1.29, 1.82) is 0 Å². The van der Waals surface area contributed by atoms with Crippen LogP contribution in [0.1, 0.15) is 12.8 Å². The molecule has 82 valence electrons. The first-order valence-corrected chi connectivity index (χ1v) is 5.13. The molecule has 0 fully saturated rings. The van der Waals surface area contributed by atoms with Crippen molar-refractivity contribution in [3.63, 3.8) is 0 Å². The van der Waals surface area contributed by atoms with Gasteiger partial charge in [0.25, 0.3) is 0 Å². The van der Waals surface area contributed by atoms with Crippen molar-refractivity contribution in [1.82, 2.24) is 15.1 Å². The molecular weight excluding hydrogens is 185 g/mol. The number of hydrogen-bond donors (Lipinski definition) is 1. The molecule has 0 bridgehead atoms. The Balaban J connectivity index is 0. The number of hydrogen-bond acceptors (Lipinski definition) is 3. The fraction of sp³-hybridized carbons (Fsp3) is 1.00. The molecule has 0 heterocycles. The molecule has 4 heteroatoms. The Morgan fingerprint density at radius 2 is 1.14 bits per heavy atom. The molecular formula is C10H26N3Na. The molecule has 0 spiro atoms. The van der Waals surface area contributed by atoms with E-state index in [1.165, 1.54) is 25.9 Å². The Hall–Kier alpha value is 0.880. The molecule has 0 aliphatic heterocycles. The van der Waals surface area contributed by atoms with Gasteiger partial charge in [-0.1, -0.05) is 0 Å². The number of rotatable bonds is 8. The zero-order valence-corrected chi connectivity index (χ0v) is 9.64. The van der Waals surface area contributed by atoms with Crippen LogP contribution in [-0.4, -0.2) is 93.7 Å². The van der Waals surface area contributed by atoms with E-state index in [0.29, 0.717) is 0 Å². The molecule has 0 aromatic heterocycles. The molecule has 0 aliphatic rings. The van der Waals surface area contributed by atoms with E-state index in [0.717, 1.165) is 13.1 Å². The van der Waals surface area contributed by atoms with Crippen LogP contribution in [0.3, 0.4) is 0 Å². The maximum absolute atomic E-state index is 3.44. The molecule has 1 N–H and O–H groups in total. The fourth-order valence-corrected chi connectivity index (χ4v) is 1.17. The van der Waals surface area contributed by atoms with Gasteiger partial charge in [0.05, 0.1) is 0 Å². The average molecular weight is 211 g/mol. The van der Waals surface area contributed by atoms with Gasteiger partial charge in [0, 0.05) is 0 Å². The standard InChI is InChI=1S/C10H25N3.Na.H/c1-12(2)9-5-7-11-8-6-10-13(3)4;;/h11H,5-10H2,1-4H3;;. The van der Waals surface area contributed by atoms with Gasteiger partial charge < -0.3 is 15.1 Å². The van der Waals surface area contributed by atoms with Gasteiger partial charge in [-0.3, -0.25) is 0 Å². The van der Waals surface area contributed by atoms with Gasteiger partial charge in [0.1, 0.15) is 0 Å². The molecule has 3 nitrogen and oxygen atoms in total. The first kappa shape index (κ1) is 17.3. The summed E-state index contributed by atoms with van der Waals surface area (Å²) in [4.78, 5) is 4.45. The molecule has 0 aromatic carbocycles. The second-order valence-corrected chi connectivity index (χ2v) is 4.06. The molecule has 0 saturated heterocycles. The van der Waals surface area contributed by atoms with Crippen molar-refractivity contribution in [2.24, 2.45) is 0 Å². The van der Waals surface area contributed by atoms with Gasteiger partial charge in [0.2, 0.25) is 0 Å². The van der Waals surface area contributed by atoms with E-state index in [9.17, 15) is 0 Å². The van der Waals surface area contributed by atoms with Gasteiger partial charge in [-0.25, -0.2) is 0 Å². The maximum atomic E-state index is 3.44. The Morgan fingerprint density at radius 3 is 1.43 bits per heavy atom. The third-order valence-electron chi connectivity index (χ3n) is 1.92.